The molecule has 0 unspecified atom stereocenters. The molecule has 1 fully saturated rings. The molecule has 0 atom stereocenters. The molecule has 1 aromatic rings. The third-order valence-electron chi connectivity index (χ3n) is 2.64. The quantitative estimate of drug-likeness (QED) is 0.508. The van der Waals surface area contributed by atoms with Gasteiger partial charge in [-0.3, -0.25) is 4.68 Å². The van der Waals surface area contributed by atoms with E-state index in [2.05, 4.69) is 15.0 Å². The molecule has 1 saturated carbocycles. The van der Waals surface area contributed by atoms with Crippen molar-refractivity contribution in [2.45, 2.75) is 25.4 Å². The normalized spacial score (nSPS) is 15.8. The zero-order chi connectivity index (χ0) is 10.8. The molecule has 0 radical (unpaired) electrons. The maximum Gasteiger partial charge on any atom is 0.191 e. The SMILES string of the molecule is CN(C(N)=NCc1cnn(C)c1)C1CC1.I. The van der Waals surface area contributed by atoms with Gasteiger partial charge in [0.1, 0.15) is 0 Å². The average molecular weight is 335 g/mol. The van der Waals surface area contributed by atoms with Crippen molar-refractivity contribution >= 4 is 29.9 Å². The van der Waals surface area contributed by atoms with Crippen LogP contribution in [0.4, 0.5) is 0 Å². The van der Waals surface area contributed by atoms with Crippen molar-refractivity contribution < 1.29 is 0 Å². The van der Waals surface area contributed by atoms with Crippen LogP contribution in [0.2, 0.25) is 0 Å². The molecule has 2 rings (SSSR count). The van der Waals surface area contributed by atoms with E-state index in [4.69, 9.17) is 5.73 Å². The summed E-state index contributed by atoms with van der Waals surface area (Å²) < 4.78 is 1.77. The summed E-state index contributed by atoms with van der Waals surface area (Å²) in [6, 6.07) is 0.614. The fraction of sp³-hybridized carbons (Fsp3) is 0.600. The Hall–Kier alpha value is -0.790. The Morgan fingerprint density at radius 2 is 2.38 bits per heavy atom. The Morgan fingerprint density at radius 3 is 2.88 bits per heavy atom. The predicted octanol–water partition coefficient (Wildman–Crippen LogP) is 0.947. The average Bonchev–Trinajstić information content (AvgIpc) is 2.98. The summed E-state index contributed by atoms with van der Waals surface area (Å²) in [5.74, 6) is 0.626. The molecular formula is C10H18IN5. The van der Waals surface area contributed by atoms with Crippen molar-refractivity contribution in [3.8, 4) is 0 Å². The molecule has 1 heterocycles. The van der Waals surface area contributed by atoms with Crippen molar-refractivity contribution in [2.24, 2.45) is 17.8 Å². The molecule has 90 valence electrons. The highest BCUT2D eigenvalue weighted by Crippen LogP contribution is 2.24. The number of nitrogens with two attached hydrogens (primary N) is 1. The molecule has 0 amide bonds. The largest absolute Gasteiger partial charge is 0.370 e. The number of hydrogen-bond acceptors (Lipinski definition) is 2. The Balaban J connectivity index is 0.00000128. The summed E-state index contributed by atoms with van der Waals surface area (Å²) in [5, 5.41) is 4.08. The van der Waals surface area contributed by atoms with E-state index in [1.807, 2.05) is 26.5 Å². The third-order valence-corrected chi connectivity index (χ3v) is 2.64. The Labute approximate surface area is 113 Å². The first-order valence-corrected chi connectivity index (χ1v) is 5.17. The van der Waals surface area contributed by atoms with Gasteiger partial charge in [0.25, 0.3) is 0 Å². The van der Waals surface area contributed by atoms with Crippen molar-refractivity contribution in [3.05, 3.63) is 18.0 Å². The van der Waals surface area contributed by atoms with Crippen LogP contribution in [-0.4, -0.2) is 33.7 Å². The van der Waals surface area contributed by atoms with Crippen LogP contribution in [-0.2, 0) is 13.6 Å². The molecular weight excluding hydrogens is 317 g/mol. The van der Waals surface area contributed by atoms with Crippen LogP contribution < -0.4 is 5.73 Å². The zero-order valence-electron chi connectivity index (χ0n) is 9.63. The Bertz CT molecular complexity index is 369. The molecule has 1 aromatic heterocycles. The van der Waals surface area contributed by atoms with E-state index in [-0.39, 0.29) is 24.0 Å². The minimum absolute atomic E-state index is 0. The van der Waals surface area contributed by atoms with E-state index in [1.54, 1.807) is 4.68 Å². The van der Waals surface area contributed by atoms with Gasteiger partial charge in [-0.15, -0.1) is 24.0 Å². The topological polar surface area (TPSA) is 59.4 Å². The molecule has 6 heteroatoms. The van der Waals surface area contributed by atoms with Gasteiger partial charge in [0, 0.05) is 31.9 Å². The van der Waals surface area contributed by atoms with Crippen molar-refractivity contribution in [3.63, 3.8) is 0 Å². The van der Waals surface area contributed by atoms with E-state index in [1.165, 1.54) is 12.8 Å². The summed E-state index contributed by atoms with van der Waals surface area (Å²) in [5.41, 5.74) is 6.95. The predicted molar refractivity (Wildman–Crippen MR) is 74.7 cm³/mol. The lowest BCUT2D eigenvalue weighted by Gasteiger charge is -2.16. The van der Waals surface area contributed by atoms with Crippen LogP contribution in [0.5, 0.6) is 0 Å². The van der Waals surface area contributed by atoms with Gasteiger partial charge < -0.3 is 10.6 Å². The van der Waals surface area contributed by atoms with Crippen LogP contribution in [0.25, 0.3) is 0 Å². The molecule has 0 bridgehead atoms. The fourth-order valence-electron chi connectivity index (χ4n) is 1.49. The highest BCUT2D eigenvalue weighted by molar-refractivity contribution is 14.0. The molecule has 0 aromatic carbocycles. The van der Waals surface area contributed by atoms with Gasteiger partial charge in [0.05, 0.1) is 12.7 Å². The van der Waals surface area contributed by atoms with Crippen LogP contribution in [0.15, 0.2) is 17.4 Å². The van der Waals surface area contributed by atoms with Crippen LogP contribution in [0.3, 0.4) is 0 Å². The summed E-state index contributed by atoms with van der Waals surface area (Å²) >= 11 is 0. The summed E-state index contributed by atoms with van der Waals surface area (Å²) in [7, 11) is 3.90. The molecule has 16 heavy (non-hydrogen) atoms. The number of rotatable bonds is 3. The first-order chi connectivity index (χ1) is 7.16. The lowest BCUT2D eigenvalue weighted by molar-refractivity contribution is 0.487. The summed E-state index contributed by atoms with van der Waals surface area (Å²) in [6.07, 6.45) is 6.24. The maximum absolute atomic E-state index is 5.86. The third kappa shape index (κ3) is 3.36. The van der Waals surface area contributed by atoms with E-state index in [9.17, 15) is 0 Å². The summed E-state index contributed by atoms with van der Waals surface area (Å²) in [4.78, 5) is 6.39. The number of aromatic nitrogens is 2. The minimum atomic E-state index is 0. The van der Waals surface area contributed by atoms with E-state index in [0.29, 0.717) is 18.5 Å². The van der Waals surface area contributed by atoms with Crippen molar-refractivity contribution in [1.82, 2.24) is 14.7 Å². The number of halogens is 1. The molecule has 0 aliphatic heterocycles. The molecule has 0 saturated heterocycles. The molecule has 1 aliphatic rings. The number of nitrogens with zero attached hydrogens (tertiary/aromatic N) is 4. The van der Waals surface area contributed by atoms with Crippen LogP contribution in [0.1, 0.15) is 18.4 Å². The first kappa shape index (κ1) is 13.3. The monoisotopic (exact) mass is 335 g/mol. The van der Waals surface area contributed by atoms with Crippen LogP contribution >= 0.6 is 24.0 Å². The molecule has 2 N–H and O–H groups in total. The van der Waals surface area contributed by atoms with Crippen LogP contribution in [0, 0.1) is 0 Å². The van der Waals surface area contributed by atoms with Gasteiger partial charge in [-0.2, -0.15) is 5.10 Å². The highest BCUT2D eigenvalue weighted by atomic mass is 127. The standard InChI is InChI=1S/C10H17N5.HI/c1-14-7-8(6-13-14)5-12-10(11)15(2)9-3-4-9;/h6-7,9H,3-5H2,1-2H3,(H2,11,12);1H. The van der Waals surface area contributed by atoms with Gasteiger partial charge >= 0.3 is 0 Å². The second-order valence-electron chi connectivity index (χ2n) is 4.04. The lowest BCUT2D eigenvalue weighted by atomic mass is 10.4. The van der Waals surface area contributed by atoms with Gasteiger partial charge in [0.15, 0.2) is 5.96 Å². The smallest absolute Gasteiger partial charge is 0.191 e. The van der Waals surface area contributed by atoms with E-state index >= 15 is 0 Å². The first-order valence-electron chi connectivity index (χ1n) is 5.17. The second-order valence-corrected chi connectivity index (χ2v) is 4.04. The fourth-order valence-corrected chi connectivity index (χ4v) is 1.49. The van der Waals surface area contributed by atoms with Gasteiger partial charge in [-0.1, -0.05) is 0 Å². The molecule has 5 nitrogen and oxygen atoms in total. The number of hydrogen-bond donors (Lipinski definition) is 1. The van der Waals surface area contributed by atoms with E-state index < -0.39 is 0 Å². The van der Waals surface area contributed by atoms with Gasteiger partial charge in [-0.25, -0.2) is 4.99 Å². The van der Waals surface area contributed by atoms with Gasteiger partial charge in [-0.05, 0) is 12.8 Å². The molecule has 1 aliphatic carbocycles. The number of aryl methyl sites for hydroxylation is 1. The van der Waals surface area contributed by atoms with Crippen molar-refractivity contribution in [1.29, 1.82) is 0 Å². The second kappa shape index (κ2) is 5.51. The minimum Gasteiger partial charge on any atom is -0.370 e. The highest BCUT2D eigenvalue weighted by Gasteiger charge is 2.27. The van der Waals surface area contributed by atoms with Gasteiger partial charge in [0.2, 0.25) is 0 Å². The lowest BCUT2D eigenvalue weighted by Crippen LogP contribution is -2.35. The number of aliphatic imine (C=N–C) groups is 1. The number of guanidine groups is 1. The van der Waals surface area contributed by atoms with E-state index in [0.717, 1.165) is 5.56 Å². The summed E-state index contributed by atoms with van der Waals surface area (Å²) in [6.45, 7) is 0.608. The molecule has 0 spiro atoms. The maximum atomic E-state index is 5.86. The Morgan fingerprint density at radius 1 is 1.69 bits per heavy atom. The zero-order valence-corrected chi connectivity index (χ0v) is 12.0. The Kier molecular flexibility index (Phi) is 4.57. The van der Waals surface area contributed by atoms with Crippen molar-refractivity contribution in [2.75, 3.05) is 7.05 Å².